The third-order valence-corrected chi connectivity index (χ3v) is 25.3. The molecule has 2 heterocycles. The van der Waals surface area contributed by atoms with Gasteiger partial charge in [0.1, 0.15) is 0 Å². The molecule has 67 heavy (non-hydrogen) atoms. The van der Waals surface area contributed by atoms with Crippen molar-refractivity contribution >= 4 is 102 Å². The van der Waals surface area contributed by atoms with Gasteiger partial charge < -0.3 is 0 Å². The van der Waals surface area contributed by atoms with E-state index < -0.39 is 18.2 Å². The molecular formula is C58H45IN2O4P2. The second kappa shape index (κ2) is 16.4. The van der Waals surface area contributed by atoms with E-state index in [4.69, 9.17) is 0 Å². The number of nitrogens with zero attached hydrogens (tertiary/aromatic N) is 2. The van der Waals surface area contributed by atoms with Crippen LogP contribution in [0.15, 0.2) is 200 Å². The zero-order chi connectivity index (χ0) is 46.2. The number of benzene rings is 8. The normalized spacial score (nSPS) is 17.5. The van der Waals surface area contributed by atoms with Crippen LogP contribution in [0, 0.1) is 0 Å². The van der Waals surface area contributed by atoms with Crippen molar-refractivity contribution in [1.82, 2.24) is 0 Å². The van der Waals surface area contributed by atoms with Gasteiger partial charge in [-0.15, -0.1) is 0 Å². The van der Waals surface area contributed by atoms with E-state index in [2.05, 4.69) is 122 Å². The maximum absolute atomic E-state index is 14.5. The molecule has 8 aromatic carbocycles. The molecular weight excluding hydrogens is 977 g/mol. The van der Waals surface area contributed by atoms with Gasteiger partial charge in [-0.25, -0.2) is 4.90 Å². The summed E-state index contributed by atoms with van der Waals surface area (Å²) in [5.74, 6) is -1.34. The van der Waals surface area contributed by atoms with Crippen molar-refractivity contribution in [2.75, 3.05) is 9.80 Å². The van der Waals surface area contributed by atoms with Gasteiger partial charge in [0.2, 0.25) is 0 Å². The summed E-state index contributed by atoms with van der Waals surface area (Å²) in [6.07, 6.45) is 0.771. The first-order valence-corrected chi connectivity index (χ1v) is 28.9. The second-order valence-electron chi connectivity index (χ2n) is 18.4. The van der Waals surface area contributed by atoms with Crippen LogP contribution in [0.1, 0.15) is 85.3 Å². The van der Waals surface area contributed by atoms with E-state index in [9.17, 15) is 19.2 Å². The van der Waals surface area contributed by atoms with Crippen LogP contribution in [-0.2, 0) is 10.8 Å². The summed E-state index contributed by atoms with van der Waals surface area (Å²) in [6, 6.07) is 66.7. The van der Waals surface area contributed by atoms with E-state index >= 15 is 0 Å². The van der Waals surface area contributed by atoms with E-state index in [0.29, 0.717) is 33.6 Å². The first kappa shape index (κ1) is 43.2. The smallest absolute Gasteiger partial charge is 0.268 e. The molecule has 4 amide bonds. The minimum atomic E-state index is -2.56. The Hall–Kier alpha value is -6.37. The fraction of sp³-hybridized carbons (Fsp3) is 0.103. The van der Waals surface area contributed by atoms with Gasteiger partial charge in [0.15, 0.2) is 0 Å². The fourth-order valence-corrected chi connectivity index (χ4v) is 19.2. The SMILES string of the molecule is CC1(C)CC(C)(c2ccc(N3C(=O)c4ccc([PH](I)(c5ccccc5)c5ccccc5)cc4C3=O)cc2)c2cc(N3C(=O)c4ccc(P(c5ccccc5)c5ccccc5)cc4C3=O)ccc21. The van der Waals surface area contributed by atoms with Crippen LogP contribution in [0.2, 0.25) is 0 Å². The molecule has 0 saturated carbocycles. The molecule has 0 aromatic heterocycles. The molecule has 1 atom stereocenters. The summed E-state index contributed by atoms with van der Waals surface area (Å²) < 4.78 is 0. The minimum absolute atomic E-state index is 0.221. The summed E-state index contributed by atoms with van der Waals surface area (Å²) in [5.41, 5.74) is 5.11. The molecule has 1 aliphatic carbocycles. The van der Waals surface area contributed by atoms with Crippen molar-refractivity contribution in [2.45, 2.75) is 38.0 Å². The Morgan fingerprint density at radius 1 is 0.433 bits per heavy atom. The number of anilines is 2. The molecule has 0 spiro atoms. The monoisotopic (exact) mass is 1020 g/mol. The van der Waals surface area contributed by atoms with E-state index in [1.54, 1.807) is 0 Å². The van der Waals surface area contributed by atoms with Gasteiger partial charge in [0, 0.05) is 0 Å². The summed E-state index contributed by atoms with van der Waals surface area (Å²) >= 11 is 2.61. The van der Waals surface area contributed by atoms with Crippen LogP contribution in [-0.4, -0.2) is 23.6 Å². The van der Waals surface area contributed by atoms with Gasteiger partial charge in [-0.1, -0.05) is 86.6 Å². The molecule has 0 radical (unpaired) electrons. The summed E-state index contributed by atoms with van der Waals surface area (Å²) in [7, 11) is -0.974. The van der Waals surface area contributed by atoms with Gasteiger partial charge in [0.25, 0.3) is 11.8 Å². The molecule has 0 saturated heterocycles. The molecule has 0 bridgehead atoms. The van der Waals surface area contributed by atoms with E-state index in [1.807, 2.05) is 121 Å². The van der Waals surface area contributed by atoms with E-state index in [0.717, 1.165) is 44.3 Å². The maximum atomic E-state index is 14.5. The molecule has 328 valence electrons. The van der Waals surface area contributed by atoms with Crippen molar-refractivity contribution in [2.24, 2.45) is 0 Å². The van der Waals surface area contributed by atoms with Crippen LogP contribution in [0.5, 0.6) is 0 Å². The van der Waals surface area contributed by atoms with Gasteiger partial charge >= 0.3 is 236 Å². The first-order valence-electron chi connectivity index (χ1n) is 22.4. The number of halogens is 1. The molecule has 0 N–H and O–H groups in total. The predicted octanol–water partition coefficient (Wildman–Crippen LogP) is 10.4. The Bertz CT molecular complexity index is 3230. The molecule has 1 unspecified atom stereocenters. The van der Waals surface area contributed by atoms with Gasteiger partial charge in [0.05, 0.1) is 16.8 Å². The van der Waals surface area contributed by atoms with Crippen LogP contribution in [0.3, 0.4) is 0 Å². The molecule has 3 aliphatic rings. The Balaban J connectivity index is 0.897. The third kappa shape index (κ3) is 6.96. The van der Waals surface area contributed by atoms with Gasteiger partial charge in [-0.2, -0.15) is 0 Å². The van der Waals surface area contributed by atoms with Crippen molar-refractivity contribution in [1.29, 1.82) is 0 Å². The summed E-state index contributed by atoms with van der Waals surface area (Å²) in [5, 5.41) is 6.79. The number of hydrogen-bond donors (Lipinski definition) is 0. The Labute approximate surface area is 405 Å². The van der Waals surface area contributed by atoms with Gasteiger partial charge in [-0.3, -0.25) is 9.59 Å². The zero-order valence-electron chi connectivity index (χ0n) is 37.1. The molecule has 11 rings (SSSR count). The summed E-state index contributed by atoms with van der Waals surface area (Å²) in [6.45, 7) is 6.65. The average molecular weight is 1020 g/mol. The van der Waals surface area contributed by atoms with Crippen molar-refractivity contribution in [3.8, 4) is 0 Å². The topological polar surface area (TPSA) is 74.8 Å². The van der Waals surface area contributed by atoms with Crippen molar-refractivity contribution in [3.05, 3.63) is 239 Å². The molecule has 6 nitrogen and oxygen atoms in total. The number of imide groups is 2. The fourth-order valence-electron chi connectivity index (χ4n) is 10.8. The van der Waals surface area contributed by atoms with Crippen LogP contribution in [0.25, 0.3) is 0 Å². The van der Waals surface area contributed by atoms with Crippen LogP contribution >= 0.6 is 34.9 Å². The van der Waals surface area contributed by atoms with Gasteiger partial charge in [-0.05, 0) is 42.0 Å². The second-order valence-corrected chi connectivity index (χ2v) is 28.6. The molecule has 2 aliphatic heterocycles. The van der Waals surface area contributed by atoms with Crippen LogP contribution in [0.4, 0.5) is 11.4 Å². The Morgan fingerprint density at radius 2 is 0.896 bits per heavy atom. The number of carbonyl (C=O) groups is 4. The number of carbonyl (C=O) groups excluding carboxylic acids is 4. The third-order valence-electron chi connectivity index (χ3n) is 13.9. The molecule has 8 aromatic rings. The predicted molar refractivity (Wildman–Crippen MR) is 285 cm³/mol. The van der Waals surface area contributed by atoms with Crippen LogP contribution < -0.4 is 41.6 Å². The van der Waals surface area contributed by atoms with Crippen molar-refractivity contribution < 1.29 is 19.2 Å². The number of fused-ring (bicyclic) bond motifs is 3. The molecule has 0 fully saturated rings. The number of amides is 4. The summed E-state index contributed by atoms with van der Waals surface area (Å²) in [4.78, 5) is 57.2. The first-order chi connectivity index (χ1) is 32.4. The average Bonchev–Trinajstić information content (AvgIpc) is 3.86. The number of hydrogen-bond acceptors (Lipinski definition) is 4. The number of rotatable bonds is 9. The molecule has 9 heteroatoms. The Morgan fingerprint density at radius 3 is 1.45 bits per heavy atom. The minimum Gasteiger partial charge on any atom is -0.268 e. The van der Waals surface area contributed by atoms with Crippen molar-refractivity contribution in [3.63, 3.8) is 0 Å². The Kier molecular flexibility index (Phi) is 10.6. The quantitative estimate of drug-likeness (QED) is 0.0820. The standard InChI is InChI=1S/C58H45IN2O4P2/c1-57(2)37-58(3,38-24-26-39(27-25-38)60-53(62)48-32-30-46(36-50(48)56(60)65)67(59,44-20-12-6-13-21-44)45-22-14-7-15-23-45)52-34-40(28-33-51(52)57)61-54(63)47-31-29-43(35-49(47)55(61)64)66(41-16-8-4-9-17-41)42-18-10-5-11-19-42/h4-36,67H,37H2,1-3H3. The van der Waals surface area contributed by atoms with E-state index in [-0.39, 0.29) is 29.0 Å². The zero-order valence-corrected chi connectivity index (χ0v) is 41.2. The van der Waals surface area contributed by atoms with E-state index in [1.165, 1.54) is 20.4 Å².